The zero-order chi connectivity index (χ0) is 16.5. The van der Waals surface area contributed by atoms with Gasteiger partial charge in [0.1, 0.15) is 31.1 Å². The maximum atomic E-state index is 5.67. The molecule has 2 aromatic rings. The number of ether oxygens (including phenoxy) is 1. The second-order valence-corrected chi connectivity index (χ2v) is 5.64. The van der Waals surface area contributed by atoms with Crippen LogP contribution in [0.25, 0.3) is 0 Å². The number of halogens is 2. The summed E-state index contributed by atoms with van der Waals surface area (Å²) in [7, 11) is 1.85. The van der Waals surface area contributed by atoms with Crippen LogP contribution in [0.5, 0.6) is 5.75 Å². The zero-order valence-corrected chi connectivity index (χ0v) is 17.6. The van der Waals surface area contributed by atoms with Crippen molar-refractivity contribution in [1.82, 2.24) is 25.4 Å². The van der Waals surface area contributed by atoms with Crippen LogP contribution >= 0.6 is 39.9 Å². The van der Waals surface area contributed by atoms with Crippen molar-refractivity contribution in [1.29, 1.82) is 0 Å². The van der Waals surface area contributed by atoms with E-state index in [1.807, 2.05) is 38.2 Å². The van der Waals surface area contributed by atoms with Gasteiger partial charge in [-0.3, -0.25) is 4.68 Å². The number of benzene rings is 1. The highest BCUT2D eigenvalue weighted by atomic mass is 127. The molecular formula is C15H22BrIN6O. The summed E-state index contributed by atoms with van der Waals surface area (Å²) in [5.41, 5.74) is 0. The highest BCUT2D eigenvalue weighted by Gasteiger charge is 2.01. The van der Waals surface area contributed by atoms with Gasteiger partial charge in [-0.15, -0.1) is 24.0 Å². The molecule has 0 aliphatic heterocycles. The highest BCUT2D eigenvalue weighted by Crippen LogP contribution is 2.15. The molecule has 0 saturated heterocycles. The smallest absolute Gasteiger partial charge is 0.191 e. The molecule has 2 rings (SSSR count). The molecule has 0 fully saturated rings. The topological polar surface area (TPSA) is 76.4 Å². The molecule has 2 N–H and O–H groups in total. The molecule has 0 aliphatic rings. The molecule has 1 aromatic carbocycles. The Balaban J connectivity index is 0.00000288. The molecule has 0 amide bonds. The largest absolute Gasteiger partial charge is 0.492 e. The standard InChI is InChI=1S/C15H21BrN6O.HI/c1-3-17-15(19-10-14-20-11-21-22(14)2)18-8-9-23-13-6-4-12(16)5-7-13;/h4-7,11H,3,8-10H2,1-2H3,(H2,17,18,19);1H. The van der Waals surface area contributed by atoms with Gasteiger partial charge in [0, 0.05) is 18.1 Å². The first-order valence-corrected chi connectivity index (χ1v) is 8.21. The summed E-state index contributed by atoms with van der Waals surface area (Å²) in [5.74, 6) is 2.39. The minimum absolute atomic E-state index is 0. The third kappa shape index (κ3) is 7.04. The number of hydrogen-bond donors (Lipinski definition) is 2. The van der Waals surface area contributed by atoms with Crippen LogP contribution in [-0.2, 0) is 13.6 Å². The number of aromatic nitrogens is 3. The van der Waals surface area contributed by atoms with E-state index >= 15 is 0 Å². The number of nitrogens with zero attached hydrogens (tertiary/aromatic N) is 4. The Kier molecular flexibility index (Phi) is 9.69. The van der Waals surface area contributed by atoms with Gasteiger partial charge in [0.2, 0.25) is 0 Å². The van der Waals surface area contributed by atoms with Crippen molar-refractivity contribution in [3.63, 3.8) is 0 Å². The molecule has 0 spiro atoms. The van der Waals surface area contributed by atoms with Crippen LogP contribution in [0.4, 0.5) is 0 Å². The molecule has 9 heteroatoms. The monoisotopic (exact) mass is 508 g/mol. The van der Waals surface area contributed by atoms with E-state index in [-0.39, 0.29) is 24.0 Å². The second-order valence-electron chi connectivity index (χ2n) is 4.72. The second kappa shape index (κ2) is 11.2. The van der Waals surface area contributed by atoms with E-state index < -0.39 is 0 Å². The summed E-state index contributed by atoms with van der Waals surface area (Å²) < 4.78 is 8.41. The van der Waals surface area contributed by atoms with E-state index in [9.17, 15) is 0 Å². The Morgan fingerprint density at radius 2 is 2.04 bits per heavy atom. The summed E-state index contributed by atoms with van der Waals surface area (Å²) in [4.78, 5) is 8.63. The molecule has 7 nitrogen and oxygen atoms in total. The van der Waals surface area contributed by atoms with E-state index in [2.05, 4.69) is 41.6 Å². The number of aryl methyl sites for hydroxylation is 1. The van der Waals surface area contributed by atoms with Crippen LogP contribution in [0, 0.1) is 0 Å². The molecular weight excluding hydrogens is 487 g/mol. The van der Waals surface area contributed by atoms with E-state index in [4.69, 9.17) is 4.74 Å². The lowest BCUT2D eigenvalue weighted by atomic mass is 10.3. The molecule has 0 saturated carbocycles. The Hall–Kier alpha value is -1.36. The van der Waals surface area contributed by atoms with Gasteiger partial charge in [0.15, 0.2) is 5.96 Å². The molecule has 1 heterocycles. The van der Waals surface area contributed by atoms with Crippen LogP contribution in [0.3, 0.4) is 0 Å². The van der Waals surface area contributed by atoms with Crippen molar-refractivity contribution in [2.24, 2.45) is 12.0 Å². The Labute approximate surface area is 167 Å². The van der Waals surface area contributed by atoms with Gasteiger partial charge in [-0.2, -0.15) is 5.10 Å². The van der Waals surface area contributed by atoms with Crippen molar-refractivity contribution in [3.8, 4) is 5.75 Å². The molecule has 0 atom stereocenters. The maximum Gasteiger partial charge on any atom is 0.191 e. The minimum Gasteiger partial charge on any atom is -0.492 e. The molecule has 0 unspecified atom stereocenters. The number of aliphatic imine (C=N–C) groups is 1. The Bertz CT molecular complexity index is 631. The third-order valence-electron chi connectivity index (χ3n) is 3.00. The molecule has 0 aliphatic carbocycles. The van der Waals surface area contributed by atoms with Crippen LogP contribution < -0.4 is 15.4 Å². The number of guanidine groups is 1. The Morgan fingerprint density at radius 1 is 1.29 bits per heavy atom. The lowest BCUT2D eigenvalue weighted by molar-refractivity contribution is 0.322. The predicted molar refractivity (Wildman–Crippen MR) is 109 cm³/mol. The summed E-state index contributed by atoms with van der Waals surface area (Å²) in [6, 6.07) is 7.76. The first-order valence-electron chi connectivity index (χ1n) is 7.42. The fourth-order valence-electron chi connectivity index (χ4n) is 1.82. The normalized spacial score (nSPS) is 10.9. The SMILES string of the molecule is CCNC(=NCc1ncnn1C)NCCOc1ccc(Br)cc1.I. The number of rotatable bonds is 7. The zero-order valence-electron chi connectivity index (χ0n) is 13.7. The lowest BCUT2D eigenvalue weighted by Gasteiger charge is -2.12. The van der Waals surface area contributed by atoms with Crippen molar-refractivity contribution < 1.29 is 4.74 Å². The van der Waals surface area contributed by atoms with Gasteiger partial charge in [-0.05, 0) is 31.2 Å². The van der Waals surface area contributed by atoms with E-state index in [1.54, 1.807) is 4.68 Å². The van der Waals surface area contributed by atoms with Gasteiger partial charge >= 0.3 is 0 Å². The molecule has 1 aromatic heterocycles. The van der Waals surface area contributed by atoms with Crippen molar-refractivity contribution in [2.75, 3.05) is 19.7 Å². The highest BCUT2D eigenvalue weighted by molar-refractivity contribution is 14.0. The Morgan fingerprint density at radius 3 is 2.67 bits per heavy atom. The quantitative estimate of drug-likeness (QED) is 0.260. The van der Waals surface area contributed by atoms with Gasteiger partial charge in [-0.25, -0.2) is 9.98 Å². The molecule has 24 heavy (non-hydrogen) atoms. The number of nitrogens with one attached hydrogen (secondary N) is 2. The summed E-state index contributed by atoms with van der Waals surface area (Å²) in [6.45, 7) is 4.49. The van der Waals surface area contributed by atoms with E-state index in [1.165, 1.54) is 6.33 Å². The number of hydrogen-bond acceptors (Lipinski definition) is 4. The van der Waals surface area contributed by atoms with Gasteiger partial charge in [0.05, 0.1) is 6.54 Å². The molecule has 132 valence electrons. The third-order valence-corrected chi connectivity index (χ3v) is 3.53. The van der Waals surface area contributed by atoms with Crippen LogP contribution in [0.1, 0.15) is 12.7 Å². The summed E-state index contributed by atoms with van der Waals surface area (Å²) >= 11 is 3.40. The summed E-state index contributed by atoms with van der Waals surface area (Å²) in [5, 5.41) is 10.4. The molecule has 0 radical (unpaired) electrons. The van der Waals surface area contributed by atoms with Crippen molar-refractivity contribution in [3.05, 3.63) is 40.9 Å². The maximum absolute atomic E-state index is 5.67. The average Bonchev–Trinajstić information content (AvgIpc) is 2.96. The van der Waals surface area contributed by atoms with Crippen LogP contribution in [-0.4, -0.2) is 40.4 Å². The summed E-state index contributed by atoms with van der Waals surface area (Å²) in [6.07, 6.45) is 1.53. The first kappa shape index (κ1) is 20.7. The predicted octanol–water partition coefficient (Wildman–Crippen LogP) is 2.33. The van der Waals surface area contributed by atoms with Crippen molar-refractivity contribution >= 4 is 45.9 Å². The average molecular weight is 509 g/mol. The minimum atomic E-state index is 0. The van der Waals surface area contributed by atoms with Crippen molar-refractivity contribution in [2.45, 2.75) is 13.5 Å². The fourth-order valence-corrected chi connectivity index (χ4v) is 2.09. The lowest BCUT2D eigenvalue weighted by Crippen LogP contribution is -2.39. The van der Waals surface area contributed by atoms with Gasteiger partial charge in [0.25, 0.3) is 0 Å². The van der Waals surface area contributed by atoms with E-state index in [0.29, 0.717) is 19.7 Å². The first-order chi connectivity index (χ1) is 11.2. The molecule has 0 bridgehead atoms. The van der Waals surface area contributed by atoms with Crippen LogP contribution in [0.15, 0.2) is 40.1 Å². The van der Waals surface area contributed by atoms with Crippen LogP contribution in [0.2, 0.25) is 0 Å². The van der Waals surface area contributed by atoms with Gasteiger partial charge in [-0.1, -0.05) is 15.9 Å². The fraction of sp³-hybridized carbons (Fsp3) is 0.400. The van der Waals surface area contributed by atoms with Gasteiger partial charge < -0.3 is 15.4 Å². The van der Waals surface area contributed by atoms with E-state index in [0.717, 1.165) is 28.6 Å².